The van der Waals surface area contributed by atoms with Crippen LogP contribution in [0.5, 0.6) is 0 Å². The molecule has 1 aromatic rings. The van der Waals surface area contributed by atoms with E-state index < -0.39 is 0 Å². The Morgan fingerprint density at radius 1 is 1.11 bits per heavy atom. The fourth-order valence-electron chi connectivity index (χ4n) is 1.96. The molecule has 0 spiro atoms. The van der Waals surface area contributed by atoms with Gasteiger partial charge in [-0.25, -0.2) is 0 Å². The maximum Gasteiger partial charge on any atom is 0.306 e. The highest BCUT2D eigenvalue weighted by Gasteiger charge is 2.15. The lowest BCUT2D eigenvalue weighted by atomic mass is 10.0. The summed E-state index contributed by atoms with van der Waals surface area (Å²) >= 11 is 0. The molecule has 0 bridgehead atoms. The van der Waals surface area contributed by atoms with Crippen LogP contribution >= 0.6 is 0 Å². The quantitative estimate of drug-likeness (QED) is 0.494. The molecule has 0 aromatic heterocycles. The van der Waals surface area contributed by atoms with E-state index in [-0.39, 0.29) is 12.1 Å². The van der Waals surface area contributed by atoms with Crippen LogP contribution in [0.4, 0.5) is 0 Å². The molecule has 0 saturated carbocycles. The first-order valence-electron chi connectivity index (χ1n) is 7.02. The van der Waals surface area contributed by atoms with E-state index in [1.807, 2.05) is 37.3 Å². The van der Waals surface area contributed by atoms with E-state index in [0.29, 0.717) is 6.42 Å². The number of carbonyl (C=O) groups is 1. The first-order valence-corrected chi connectivity index (χ1v) is 7.02. The van der Waals surface area contributed by atoms with Crippen LogP contribution in [-0.2, 0) is 9.53 Å². The van der Waals surface area contributed by atoms with Crippen molar-refractivity contribution >= 4 is 5.97 Å². The molecule has 1 unspecified atom stereocenters. The van der Waals surface area contributed by atoms with Gasteiger partial charge in [0.05, 0.1) is 0 Å². The summed E-state index contributed by atoms with van der Waals surface area (Å²) in [5.41, 5.74) is 1.11. The summed E-state index contributed by atoms with van der Waals surface area (Å²) in [7, 11) is 0. The molecule has 2 heteroatoms. The Balaban J connectivity index is 2.60. The molecule has 2 nitrogen and oxygen atoms in total. The van der Waals surface area contributed by atoms with Crippen LogP contribution in [0.2, 0.25) is 0 Å². The van der Waals surface area contributed by atoms with Gasteiger partial charge >= 0.3 is 5.97 Å². The number of esters is 1. The summed E-state index contributed by atoms with van der Waals surface area (Å²) in [6.07, 6.45) is 5.69. The number of carbonyl (C=O) groups excluding carboxylic acids is 1. The van der Waals surface area contributed by atoms with E-state index in [1.165, 1.54) is 12.8 Å². The van der Waals surface area contributed by atoms with Gasteiger partial charge in [-0.2, -0.15) is 0 Å². The maximum atomic E-state index is 11.6. The van der Waals surface area contributed by atoms with E-state index in [4.69, 9.17) is 4.74 Å². The lowest BCUT2D eigenvalue weighted by Crippen LogP contribution is -2.11. The first kappa shape index (κ1) is 14.7. The average molecular weight is 248 g/mol. The summed E-state index contributed by atoms with van der Waals surface area (Å²) in [6.45, 7) is 4.18. The molecule has 0 amide bonds. The van der Waals surface area contributed by atoms with Gasteiger partial charge in [0.15, 0.2) is 0 Å². The Bertz CT molecular complexity index is 332. The second kappa shape index (κ2) is 8.73. The second-order valence-electron chi connectivity index (χ2n) is 4.63. The van der Waals surface area contributed by atoms with Gasteiger partial charge in [0.25, 0.3) is 0 Å². The zero-order valence-corrected chi connectivity index (χ0v) is 11.5. The topological polar surface area (TPSA) is 26.3 Å². The molecule has 0 saturated heterocycles. The number of ether oxygens (including phenoxy) is 1. The van der Waals surface area contributed by atoms with Crippen LogP contribution in [0, 0.1) is 0 Å². The molecular weight excluding hydrogens is 224 g/mol. The standard InChI is InChI=1S/C16H24O2/c1-3-5-7-13-15(18-16(17)10-4-2)14-11-8-6-9-12-14/h6,8-9,11-12,15H,3-5,7,10,13H2,1-2H3. The zero-order valence-electron chi connectivity index (χ0n) is 11.5. The molecule has 0 heterocycles. The third-order valence-electron chi connectivity index (χ3n) is 2.97. The van der Waals surface area contributed by atoms with Gasteiger partial charge in [-0.1, -0.05) is 57.0 Å². The minimum atomic E-state index is -0.0807. The molecule has 0 aliphatic rings. The van der Waals surface area contributed by atoms with Gasteiger partial charge in [-0.15, -0.1) is 0 Å². The fraction of sp³-hybridized carbons (Fsp3) is 0.562. The fourth-order valence-corrected chi connectivity index (χ4v) is 1.96. The van der Waals surface area contributed by atoms with Gasteiger partial charge in [0, 0.05) is 6.42 Å². The van der Waals surface area contributed by atoms with Crippen LogP contribution < -0.4 is 0 Å². The molecule has 1 atom stereocenters. The summed E-state index contributed by atoms with van der Waals surface area (Å²) < 4.78 is 5.58. The van der Waals surface area contributed by atoms with Gasteiger partial charge in [0.2, 0.25) is 0 Å². The predicted molar refractivity (Wildman–Crippen MR) is 74.3 cm³/mol. The summed E-state index contributed by atoms with van der Waals surface area (Å²) in [6, 6.07) is 10.1. The average Bonchev–Trinajstić information content (AvgIpc) is 2.39. The van der Waals surface area contributed by atoms with E-state index >= 15 is 0 Å². The normalized spacial score (nSPS) is 12.1. The van der Waals surface area contributed by atoms with Crippen LogP contribution in [0.15, 0.2) is 30.3 Å². The molecule has 1 aromatic carbocycles. The van der Waals surface area contributed by atoms with Crippen molar-refractivity contribution in [2.45, 2.75) is 58.5 Å². The van der Waals surface area contributed by atoms with Crippen molar-refractivity contribution in [1.82, 2.24) is 0 Å². The maximum absolute atomic E-state index is 11.6. The van der Waals surface area contributed by atoms with Crippen molar-refractivity contribution in [2.75, 3.05) is 0 Å². The Kier molecular flexibility index (Phi) is 7.16. The molecule has 0 aliphatic carbocycles. The highest BCUT2D eigenvalue weighted by Crippen LogP contribution is 2.24. The molecule has 100 valence electrons. The van der Waals surface area contributed by atoms with Gasteiger partial charge in [0.1, 0.15) is 6.10 Å². The number of hydrogen-bond donors (Lipinski definition) is 0. The monoisotopic (exact) mass is 248 g/mol. The van der Waals surface area contributed by atoms with Crippen LogP contribution in [0.3, 0.4) is 0 Å². The first-order chi connectivity index (χ1) is 8.77. The second-order valence-corrected chi connectivity index (χ2v) is 4.63. The Labute approximate surface area is 110 Å². The molecule has 0 aliphatic heterocycles. The highest BCUT2D eigenvalue weighted by molar-refractivity contribution is 5.69. The van der Waals surface area contributed by atoms with Crippen molar-refractivity contribution in [3.63, 3.8) is 0 Å². The van der Waals surface area contributed by atoms with E-state index in [0.717, 1.165) is 24.8 Å². The van der Waals surface area contributed by atoms with Crippen molar-refractivity contribution in [1.29, 1.82) is 0 Å². The minimum Gasteiger partial charge on any atom is -0.457 e. The zero-order chi connectivity index (χ0) is 13.2. The molecule has 0 fully saturated rings. The van der Waals surface area contributed by atoms with Gasteiger partial charge in [-0.3, -0.25) is 4.79 Å². The van der Waals surface area contributed by atoms with E-state index in [1.54, 1.807) is 0 Å². The van der Waals surface area contributed by atoms with Crippen molar-refractivity contribution < 1.29 is 9.53 Å². The number of hydrogen-bond acceptors (Lipinski definition) is 2. The SMILES string of the molecule is CCCCCC(OC(=O)CCC)c1ccccc1. The Morgan fingerprint density at radius 2 is 1.83 bits per heavy atom. The van der Waals surface area contributed by atoms with Crippen molar-refractivity contribution in [2.24, 2.45) is 0 Å². The Hall–Kier alpha value is -1.31. The summed E-state index contributed by atoms with van der Waals surface area (Å²) in [4.78, 5) is 11.6. The summed E-state index contributed by atoms with van der Waals surface area (Å²) in [5.74, 6) is -0.0807. The molecule has 1 rings (SSSR count). The van der Waals surface area contributed by atoms with Gasteiger partial charge < -0.3 is 4.74 Å². The highest BCUT2D eigenvalue weighted by atomic mass is 16.5. The van der Waals surface area contributed by atoms with E-state index in [2.05, 4.69) is 6.92 Å². The minimum absolute atomic E-state index is 0.0724. The molecule has 0 radical (unpaired) electrons. The number of rotatable bonds is 8. The van der Waals surface area contributed by atoms with E-state index in [9.17, 15) is 4.79 Å². The Morgan fingerprint density at radius 3 is 2.44 bits per heavy atom. The lowest BCUT2D eigenvalue weighted by molar-refractivity contribution is -0.150. The predicted octanol–water partition coefficient (Wildman–Crippen LogP) is 4.65. The van der Waals surface area contributed by atoms with Crippen LogP contribution in [0.25, 0.3) is 0 Å². The third-order valence-corrected chi connectivity index (χ3v) is 2.97. The third kappa shape index (κ3) is 5.35. The van der Waals surface area contributed by atoms with Crippen LogP contribution in [0.1, 0.15) is 64.0 Å². The van der Waals surface area contributed by atoms with Crippen molar-refractivity contribution in [3.05, 3.63) is 35.9 Å². The van der Waals surface area contributed by atoms with Crippen molar-refractivity contribution in [3.8, 4) is 0 Å². The number of benzene rings is 1. The molecular formula is C16H24O2. The van der Waals surface area contributed by atoms with Gasteiger partial charge in [-0.05, 0) is 24.8 Å². The lowest BCUT2D eigenvalue weighted by Gasteiger charge is -2.18. The molecule has 0 N–H and O–H groups in total. The summed E-state index contributed by atoms with van der Waals surface area (Å²) in [5, 5.41) is 0. The number of unbranched alkanes of at least 4 members (excludes halogenated alkanes) is 2. The molecule has 18 heavy (non-hydrogen) atoms. The smallest absolute Gasteiger partial charge is 0.306 e. The van der Waals surface area contributed by atoms with Crippen LogP contribution in [-0.4, -0.2) is 5.97 Å². The largest absolute Gasteiger partial charge is 0.457 e.